The summed E-state index contributed by atoms with van der Waals surface area (Å²) >= 11 is 0. The molecule has 0 spiro atoms. The van der Waals surface area contributed by atoms with Gasteiger partial charge in [-0.3, -0.25) is 9.59 Å². The van der Waals surface area contributed by atoms with Crippen molar-refractivity contribution in [1.29, 1.82) is 0 Å². The number of rotatable bonds is 5. The van der Waals surface area contributed by atoms with Gasteiger partial charge in [-0.1, -0.05) is 37.5 Å². The van der Waals surface area contributed by atoms with Gasteiger partial charge < -0.3 is 4.90 Å². The molecule has 6 heteroatoms. The molecule has 42 heavy (non-hydrogen) atoms. The van der Waals surface area contributed by atoms with E-state index in [4.69, 9.17) is 0 Å². The molecule has 6 rings (SSSR count). The molecule has 0 N–H and O–H groups in total. The van der Waals surface area contributed by atoms with Crippen LogP contribution in [-0.2, 0) is 9.59 Å². The lowest BCUT2D eigenvalue weighted by molar-refractivity contribution is -0.127. The van der Waals surface area contributed by atoms with E-state index >= 15 is 0 Å². The Morgan fingerprint density at radius 1 is 1.07 bits per heavy atom. The third-order valence-electron chi connectivity index (χ3n) is 11.2. The summed E-state index contributed by atoms with van der Waals surface area (Å²) in [6, 6.07) is 9.10. The van der Waals surface area contributed by atoms with Gasteiger partial charge in [0, 0.05) is 55.8 Å². The number of carbonyl (C=O) groups excluding carboxylic acids is 2. The van der Waals surface area contributed by atoms with Gasteiger partial charge in [-0.2, -0.15) is 13.2 Å². The van der Waals surface area contributed by atoms with Gasteiger partial charge in [-0.15, -0.1) is 0 Å². The van der Waals surface area contributed by atoms with Crippen LogP contribution in [0.15, 0.2) is 47.1 Å². The number of piperidine rings is 1. The third-order valence-corrected chi connectivity index (χ3v) is 11.2. The van der Waals surface area contributed by atoms with E-state index in [2.05, 4.69) is 48.9 Å². The number of Topliss-reactive ketones (excluding diaryl/α,β-unsaturated/α-hetero) is 1. The molecule has 4 aliphatic carbocycles. The van der Waals surface area contributed by atoms with Crippen molar-refractivity contribution in [3.8, 4) is 11.8 Å². The largest absolute Gasteiger partial charge is 0.457 e. The second-order valence-corrected chi connectivity index (χ2v) is 13.6. The maximum atomic E-state index is 13.6. The molecule has 1 saturated heterocycles. The lowest BCUT2D eigenvalue weighted by atomic mass is 9.50. The molecule has 1 aromatic rings. The Morgan fingerprint density at radius 3 is 2.52 bits per heavy atom. The Balaban J connectivity index is 1.35. The predicted molar refractivity (Wildman–Crippen MR) is 159 cm³/mol. The molecule has 2 saturated carbocycles. The van der Waals surface area contributed by atoms with Crippen molar-refractivity contribution in [2.24, 2.45) is 29.1 Å². The number of hydrogen-bond donors (Lipinski definition) is 0. The summed E-state index contributed by atoms with van der Waals surface area (Å²) in [4.78, 5) is 28.5. The number of anilines is 1. The van der Waals surface area contributed by atoms with Crippen LogP contribution >= 0.6 is 0 Å². The van der Waals surface area contributed by atoms with E-state index in [0.29, 0.717) is 24.2 Å². The van der Waals surface area contributed by atoms with E-state index in [1.807, 2.05) is 6.08 Å². The minimum absolute atomic E-state index is 0.0467. The molecule has 224 valence electrons. The van der Waals surface area contributed by atoms with Crippen LogP contribution in [0.25, 0.3) is 0 Å². The van der Waals surface area contributed by atoms with Gasteiger partial charge in [-0.05, 0) is 109 Å². The number of benzene rings is 1. The number of fused-ring (bicyclic) bond motifs is 4. The summed E-state index contributed by atoms with van der Waals surface area (Å²) in [6.45, 7) is 6.71. The molecule has 3 nitrogen and oxygen atoms in total. The first-order valence-electron chi connectivity index (χ1n) is 16.0. The Morgan fingerprint density at radius 2 is 1.81 bits per heavy atom. The summed E-state index contributed by atoms with van der Waals surface area (Å²) in [5.41, 5.74) is 6.45. The molecule has 0 radical (unpaired) electrons. The van der Waals surface area contributed by atoms with Crippen LogP contribution in [0.3, 0.4) is 0 Å². The highest BCUT2D eigenvalue weighted by Gasteiger charge is 2.58. The van der Waals surface area contributed by atoms with Crippen LogP contribution < -0.4 is 4.90 Å². The van der Waals surface area contributed by atoms with Crippen LogP contribution in [0.5, 0.6) is 0 Å². The maximum Gasteiger partial charge on any atom is 0.457 e. The van der Waals surface area contributed by atoms with Crippen LogP contribution in [0, 0.1) is 40.9 Å². The number of alkyl halides is 3. The van der Waals surface area contributed by atoms with Crippen molar-refractivity contribution in [3.05, 3.63) is 52.6 Å². The average molecular weight is 578 g/mol. The highest BCUT2D eigenvalue weighted by Crippen LogP contribution is 2.66. The van der Waals surface area contributed by atoms with Crippen molar-refractivity contribution >= 4 is 17.3 Å². The first kappa shape index (κ1) is 29.3. The monoisotopic (exact) mass is 577 g/mol. The number of halogens is 3. The summed E-state index contributed by atoms with van der Waals surface area (Å²) in [7, 11) is 0. The fraction of sp³-hybridized carbons (Fsp3) is 0.611. The topological polar surface area (TPSA) is 37.4 Å². The van der Waals surface area contributed by atoms with E-state index in [-0.39, 0.29) is 41.7 Å². The highest BCUT2D eigenvalue weighted by molar-refractivity contribution is 5.93. The molecular formula is C36H42F3NO2. The van der Waals surface area contributed by atoms with Gasteiger partial charge in [0.1, 0.15) is 5.78 Å². The lowest BCUT2D eigenvalue weighted by Crippen LogP contribution is -2.45. The molecule has 5 aliphatic rings. The Hall–Kier alpha value is -2.81. The van der Waals surface area contributed by atoms with E-state index in [9.17, 15) is 22.8 Å². The SMILES string of the molecule is CC1C[C@@H]2C(=C3CCC(=O)C=C31)[C@@H](c1ccc(N3CCCCC3)cc1)C[C@]1(C)[C@@H](C(=O)CCC#CC(F)(F)F)CC[C@@H]21. The minimum Gasteiger partial charge on any atom is -0.372 e. The summed E-state index contributed by atoms with van der Waals surface area (Å²) < 4.78 is 37.6. The van der Waals surface area contributed by atoms with Gasteiger partial charge in [0.15, 0.2) is 5.78 Å². The molecule has 1 aromatic carbocycles. The van der Waals surface area contributed by atoms with Crippen LogP contribution in [0.1, 0.15) is 96.0 Å². The molecule has 0 aromatic heterocycles. The highest BCUT2D eigenvalue weighted by atomic mass is 19.4. The molecule has 0 bridgehead atoms. The smallest absolute Gasteiger partial charge is 0.372 e. The normalized spacial score (nSPS) is 32.8. The van der Waals surface area contributed by atoms with Crippen molar-refractivity contribution in [2.45, 2.75) is 96.6 Å². The zero-order chi connectivity index (χ0) is 29.6. The number of carbonyl (C=O) groups is 2. The number of hydrogen-bond acceptors (Lipinski definition) is 3. The maximum absolute atomic E-state index is 13.6. The van der Waals surface area contributed by atoms with Crippen molar-refractivity contribution in [2.75, 3.05) is 18.0 Å². The molecule has 1 aliphatic heterocycles. The van der Waals surface area contributed by atoms with E-state index < -0.39 is 6.18 Å². The molecule has 1 heterocycles. The van der Waals surface area contributed by atoms with Gasteiger partial charge in [0.05, 0.1) is 0 Å². The third kappa shape index (κ3) is 5.49. The summed E-state index contributed by atoms with van der Waals surface area (Å²) in [5.74, 6) is 4.82. The van der Waals surface area contributed by atoms with Gasteiger partial charge >= 0.3 is 6.18 Å². The standard InChI is InChI=1S/C36H42F3NO2/c1-23-20-29-31-15-16-32(33(42)8-4-5-17-36(37,38)39)35(31,2)22-30(34(29)27-14-13-26(41)21-28(23)27)24-9-11-25(12-10-24)40-18-6-3-7-19-40/h9-12,21,23,29-32H,3-4,6-8,13-16,18-20,22H2,1-2H3/t23?,29-,30+,31-,32+,35-/m0/s1. The van der Waals surface area contributed by atoms with Crippen molar-refractivity contribution < 1.29 is 22.8 Å². The van der Waals surface area contributed by atoms with Crippen molar-refractivity contribution in [1.82, 2.24) is 0 Å². The zero-order valence-corrected chi connectivity index (χ0v) is 24.9. The molecule has 6 atom stereocenters. The lowest BCUT2D eigenvalue weighted by Gasteiger charge is -2.53. The Bertz CT molecular complexity index is 1350. The van der Waals surface area contributed by atoms with Crippen molar-refractivity contribution in [3.63, 3.8) is 0 Å². The average Bonchev–Trinajstić information content (AvgIpc) is 3.32. The first-order valence-corrected chi connectivity index (χ1v) is 16.0. The predicted octanol–water partition coefficient (Wildman–Crippen LogP) is 8.35. The first-order chi connectivity index (χ1) is 20.0. The number of nitrogens with zero attached hydrogens (tertiary/aromatic N) is 1. The van der Waals surface area contributed by atoms with E-state index in [1.54, 1.807) is 0 Å². The Kier molecular flexibility index (Phi) is 7.92. The second-order valence-electron chi connectivity index (χ2n) is 13.6. The number of allylic oxidation sites excluding steroid dienone is 4. The Labute approximate surface area is 248 Å². The van der Waals surface area contributed by atoms with E-state index in [1.165, 1.54) is 53.2 Å². The second kappa shape index (κ2) is 11.4. The summed E-state index contributed by atoms with van der Waals surface area (Å²) in [5, 5.41) is 0. The molecular weight excluding hydrogens is 535 g/mol. The molecule has 0 amide bonds. The van der Waals surface area contributed by atoms with Gasteiger partial charge in [0.2, 0.25) is 0 Å². The van der Waals surface area contributed by atoms with Crippen LogP contribution in [-0.4, -0.2) is 30.8 Å². The molecule has 1 unspecified atom stereocenters. The van der Waals surface area contributed by atoms with Gasteiger partial charge in [0.25, 0.3) is 0 Å². The van der Waals surface area contributed by atoms with Crippen LogP contribution in [0.4, 0.5) is 18.9 Å². The quantitative estimate of drug-likeness (QED) is 0.330. The summed E-state index contributed by atoms with van der Waals surface area (Å²) in [6.07, 6.45) is 6.12. The number of ketones is 2. The van der Waals surface area contributed by atoms with Gasteiger partial charge in [-0.25, -0.2) is 0 Å². The zero-order valence-electron chi connectivity index (χ0n) is 24.9. The van der Waals surface area contributed by atoms with Crippen LogP contribution in [0.2, 0.25) is 0 Å². The fourth-order valence-electron chi connectivity index (χ4n) is 9.37. The fourth-order valence-corrected chi connectivity index (χ4v) is 9.37. The molecule has 3 fully saturated rings. The minimum atomic E-state index is -4.52. The van der Waals surface area contributed by atoms with E-state index in [0.717, 1.165) is 45.2 Å².